The van der Waals surface area contributed by atoms with Gasteiger partial charge in [0.2, 0.25) is 5.82 Å². The summed E-state index contributed by atoms with van der Waals surface area (Å²) in [4.78, 5) is 15.4. The van der Waals surface area contributed by atoms with E-state index in [1.165, 1.54) is 4.68 Å². The molecule has 0 spiro atoms. The number of carbonyl (C=O) groups is 1. The van der Waals surface area contributed by atoms with E-state index < -0.39 is 17.7 Å². The van der Waals surface area contributed by atoms with Crippen LogP contribution in [-0.4, -0.2) is 25.8 Å². The van der Waals surface area contributed by atoms with E-state index in [1.54, 1.807) is 24.3 Å². The number of aromatic nitrogens is 3. The SMILES string of the molecule is CCn1nc(C(C)(F)F)nc1Cc1ccc(-c2ccccc2C(=O)O)cc1. The van der Waals surface area contributed by atoms with Crippen molar-refractivity contribution >= 4 is 5.97 Å². The van der Waals surface area contributed by atoms with Crippen molar-refractivity contribution in [3.63, 3.8) is 0 Å². The van der Waals surface area contributed by atoms with Gasteiger partial charge in [-0.25, -0.2) is 14.5 Å². The van der Waals surface area contributed by atoms with Crippen molar-refractivity contribution in [3.8, 4) is 11.1 Å². The number of aryl methyl sites for hydroxylation is 1. The summed E-state index contributed by atoms with van der Waals surface area (Å²) in [6, 6.07) is 14.1. The normalized spacial score (nSPS) is 11.6. The Balaban J connectivity index is 1.87. The zero-order valence-electron chi connectivity index (χ0n) is 15.0. The summed E-state index contributed by atoms with van der Waals surface area (Å²) in [6.45, 7) is 3.05. The second-order valence-corrected chi connectivity index (χ2v) is 6.28. The number of carboxylic acid groups (broad SMARTS) is 1. The van der Waals surface area contributed by atoms with Crippen LogP contribution in [0, 0.1) is 0 Å². The van der Waals surface area contributed by atoms with Crippen molar-refractivity contribution in [2.24, 2.45) is 0 Å². The summed E-state index contributed by atoms with van der Waals surface area (Å²) < 4.78 is 28.4. The first-order valence-electron chi connectivity index (χ1n) is 8.53. The molecule has 0 saturated heterocycles. The van der Waals surface area contributed by atoms with Crippen molar-refractivity contribution < 1.29 is 18.7 Å². The molecule has 3 aromatic rings. The number of halogens is 2. The van der Waals surface area contributed by atoms with Crippen LogP contribution in [0.5, 0.6) is 0 Å². The fourth-order valence-corrected chi connectivity index (χ4v) is 2.85. The minimum absolute atomic E-state index is 0.228. The lowest BCUT2D eigenvalue weighted by atomic mass is 9.98. The molecule has 0 radical (unpaired) electrons. The van der Waals surface area contributed by atoms with Gasteiger partial charge in [0.1, 0.15) is 5.82 Å². The molecule has 0 aliphatic carbocycles. The van der Waals surface area contributed by atoms with Gasteiger partial charge in [-0.05, 0) is 29.7 Å². The number of hydrogen-bond acceptors (Lipinski definition) is 3. The number of hydrogen-bond donors (Lipinski definition) is 1. The largest absolute Gasteiger partial charge is 0.478 e. The number of nitrogens with zero attached hydrogens (tertiary/aromatic N) is 3. The van der Waals surface area contributed by atoms with Gasteiger partial charge in [-0.15, -0.1) is 5.10 Å². The Morgan fingerprint density at radius 1 is 1.15 bits per heavy atom. The Morgan fingerprint density at radius 3 is 2.41 bits per heavy atom. The summed E-state index contributed by atoms with van der Waals surface area (Å²) in [6.07, 6.45) is 0.359. The minimum atomic E-state index is -3.08. The molecule has 1 aromatic heterocycles. The van der Waals surface area contributed by atoms with E-state index in [0.717, 1.165) is 18.1 Å². The Kier molecular flexibility index (Phi) is 5.03. The second kappa shape index (κ2) is 7.26. The average Bonchev–Trinajstić information content (AvgIpc) is 3.05. The molecule has 1 N–H and O–H groups in total. The number of rotatable bonds is 6. The van der Waals surface area contributed by atoms with Crippen LogP contribution in [0.15, 0.2) is 48.5 Å². The highest BCUT2D eigenvalue weighted by molar-refractivity contribution is 5.95. The molecule has 0 bridgehead atoms. The van der Waals surface area contributed by atoms with E-state index in [2.05, 4.69) is 10.1 Å². The highest BCUT2D eigenvalue weighted by atomic mass is 19.3. The predicted octanol–water partition coefficient (Wildman–Crippen LogP) is 4.37. The fourth-order valence-electron chi connectivity index (χ4n) is 2.85. The maximum Gasteiger partial charge on any atom is 0.336 e. The van der Waals surface area contributed by atoms with Crippen LogP contribution in [-0.2, 0) is 18.9 Å². The van der Waals surface area contributed by atoms with Crippen molar-refractivity contribution in [2.45, 2.75) is 32.7 Å². The van der Waals surface area contributed by atoms with E-state index in [-0.39, 0.29) is 5.56 Å². The lowest BCUT2D eigenvalue weighted by Gasteiger charge is -2.08. The summed E-state index contributed by atoms with van der Waals surface area (Å²) >= 11 is 0. The number of alkyl halides is 2. The van der Waals surface area contributed by atoms with E-state index >= 15 is 0 Å². The van der Waals surface area contributed by atoms with E-state index in [0.29, 0.717) is 24.4 Å². The molecule has 0 aliphatic heterocycles. The predicted molar refractivity (Wildman–Crippen MR) is 96.9 cm³/mol. The zero-order chi connectivity index (χ0) is 19.6. The zero-order valence-corrected chi connectivity index (χ0v) is 15.0. The van der Waals surface area contributed by atoms with Crippen LogP contribution in [0.2, 0.25) is 0 Å². The van der Waals surface area contributed by atoms with Crippen LogP contribution in [0.1, 0.15) is 41.4 Å². The number of benzene rings is 2. The molecule has 0 atom stereocenters. The molecule has 0 unspecified atom stereocenters. The van der Waals surface area contributed by atoms with Crippen LogP contribution < -0.4 is 0 Å². The van der Waals surface area contributed by atoms with Crippen LogP contribution in [0.3, 0.4) is 0 Å². The first kappa shape index (κ1) is 18.7. The topological polar surface area (TPSA) is 68.0 Å². The van der Waals surface area contributed by atoms with Gasteiger partial charge in [0.15, 0.2) is 0 Å². The third-order valence-electron chi connectivity index (χ3n) is 4.23. The molecule has 0 amide bonds. The highest BCUT2D eigenvalue weighted by Crippen LogP contribution is 2.26. The molecule has 0 fully saturated rings. The summed E-state index contributed by atoms with van der Waals surface area (Å²) in [7, 11) is 0. The molecule has 27 heavy (non-hydrogen) atoms. The molecular weight excluding hydrogens is 352 g/mol. The first-order chi connectivity index (χ1) is 12.8. The third kappa shape index (κ3) is 4.02. The average molecular weight is 371 g/mol. The van der Waals surface area contributed by atoms with Crippen LogP contribution in [0.25, 0.3) is 11.1 Å². The van der Waals surface area contributed by atoms with Gasteiger partial charge < -0.3 is 5.11 Å². The van der Waals surface area contributed by atoms with E-state index in [1.807, 2.05) is 31.2 Å². The minimum Gasteiger partial charge on any atom is -0.478 e. The molecule has 0 aliphatic rings. The third-order valence-corrected chi connectivity index (χ3v) is 4.23. The standard InChI is InChI=1S/C20H19F2N3O2/c1-3-25-17(23-19(24-25)20(2,21)22)12-13-8-10-14(11-9-13)15-6-4-5-7-16(15)18(26)27/h4-11H,3,12H2,1-2H3,(H,26,27). The molecule has 0 saturated carbocycles. The number of aromatic carboxylic acids is 1. The van der Waals surface area contributed by atoms with Crippen molar-refractivity contribution in [1.29, 1.82) is 0 Å². The molecule has 2 aromatic carbocycles. The van der Waals surface area contributed by atoms with E-state index in [4.69, 9.17) is 0 Å². The lowest BCUT2D eigenvalue weighted by Crippen LogP contribution is -2.10. The van der Waals surface area contributed by atoms with Gasteiger partial charge in [-0.3, -0.25) is 0 Å². The molecule has 5 nitrogen and oxygen atoms in total. The van der Waals surface area contributed by atoms with Gasteiger partial charge in [-0.2, -0.15) is 8.78 Å². The second-order valence-electron chi connectivity index (χ2n) is 6.28. The fraction of sp³-hybridized carbons (Fsp3) is 0.250. The summed E-state index contributed by atoms with van der Waals surface area (Å²) in [5, 5.41) is 13.2. The molecule has 1 heterocycles. The maximum absolute atomic E-state index is 13.5. The van der Waals surface area contributed by atoms with Crippen LogP contribution in [0.4, 0.5) is 8.78 Å². The Morgan fingerprint density at radius 2 is 1.81 bits per heavy atom. The Labute approximate surface area is 155 Å². The van der Waals surface area contributed by atoms with Crippen molar-refractivity contribution in [3.05, 3.63) is 71.3 Å². The van der Waals surface area contributed by atoms with Gasteiger partial charge in [-0.1, -0.05) is 42.5 Å². The monoisotopic (exact) mass is 371 g/mol. The molecule has 3 rings (SSSR count). The van der Waals surface area contributed by atoms with Gasteiger partial charge in [0.25, 0.3) is 0 Å². The van der Waals surface area contributed by atoms with Gasteiger partial charge in [0, 0.05) is 19.9 Å². The van der Waals surface area contributed by atoms with Crippen LogP contribution >= 0.6 is 0 Å². The van der Waals surface area contributed by atoms with Crippen molar-refractivity contribution in [1.82, 2.24) is 14.8 Å². The maximum atomic E-state index is 13.5. The summed E-state index contributed by atoms with van der Waals surface area (Å²) in [5.74, 6) is -4.09. The number of carboxylic acids is 1. The molecule has 140 valence electrons. The summed E-state index contributed by atoms with van der Waals surface area (Å²) in [5.41, 5.74) is 2.50. The molecule has 7 heteroatoms. The highest BCUT2D eigenvalue weighted by Gasteiger charge is 2.30. The van der Waals surface area contributed by atoms with Crippen molar-refractivity contribution in [2.75, 3.05) is 0 Å². The van der Waals surface area contributed by atoms with E-state index in [9.17, 15) is 18.7 Å². The quantitative estimate of drug-likeness (QED) is 0.699. The Hall–Kier alpha value is -3.09. The smallest absolute Gasteiger partial charge is 0.336 e. The first-order valence-corrected chi connectivity index (χ1v) is 8.53. The Bertz CT molecular complexity index is 960. The lowest BCUT2D eigenvalue weighted by molar-refractivity contribution is 0.00753. The molecular formula is C20H19F2N3O2. The van der Waals surface area contributed by atoms with Gasteiger partial charge in [0.05, 0.1) is 5.56 Å². The van der Waals surface area contributed by atoms with Gasteiger partial charge >= 0.3 is 11.9 Å².